The quantitative estimate of drug-likeness (QED) is 0.668. The molecule has 0 atom stereocenters. The lowest BCUT2D eigenvalue weighted by Crippen LogP contribution is -2.27. The number of Topliss-reactive ketones (excluding diaryl/α,β-unsaturated/α-hetero) is 1. The summed E-state index contributed by atoms with van der Waals surface area (Å²) in [6.45, 7) is -0.265. The van der Waals surface area contributed by atoms with Gasteiger partial charge in [-0.3, -0.25) is 4.79 Å². The third-order valence-corrected chi connectivity index (χ3v) is 1.96. The smallest absolute Gasteiger partial charge is 0.310 e. The second kappa shape index (κ2) is 3.10. The molecule has 1 heterocycles. The molecular formula is C9H8NO4+. The van der Waals surface area contributed by atoms with Gasteiger partial charge >= 0.3 is 6.54 Å². The molecule has 0 aromatic heterocycles. The van der Waals surface area contributed by atoms with Crippen LogP contribution in [0.25, 0.3) is 0 Å². The highest BCUT2D eigenvalue weighted by Crippen LogP contribution is 2.27. The van der Waals surface area contributed by atoms with Crippen LogP contribution >= 0.6 is 0 Å². The number of hydrogen-bond donors (Lipinski definition) is 0. The first kappa shape index (κ1) is 8.68. The Hall–Kier alpha value is -1.91. The van der Waals surface area contributed by atoms with E-state index in [0.29, 0.717) is 11.3 Å². The number of carbonyl (C=O) groups is 1. The van der Waals surface area contributed by atoms with E-state index in [1.54, 1.807) is 12.1 Å². The zero-order valence-corrected chi connectivity index (χ0v) is 7.52. The molecule has 5 heteroatoms. The Balaban J connectivity index is 2.49. The Kier molecular flexibility index (Phi) is 1.92. The minimum absolute atomic E-state index is 0.246. The van der Waals surface area contributed by atoms with Gasteiger partial charge in [-0.25, -0.2) is 0 Å². The van der Waals surface area contributed by atoms with Gasteiger partial charge in [0.25, 0.3) is 0 Å². The van der Waals surface area contributed by atoms with Gasteiger partial charge in [0.2, 0.25) is 16.5 Å². The molecule has 72 valence electrons. The van der Waals surface area contributed by atoms with Gasteiger partial charge in [0.1, 0.15) is 5.75 Å². The van der Waals surface area contributed by atoms with Crippen LogP contribution in [-0.4, -0.2) is 24.4 Å². The molecule has 14 heavy (non-hydrogen) atoms. The van der Waals surface area contributed by atoms with Crippen molar-refractivity contribution in [2.24, 2.45) is 0 Å². The number of rotatable bonds is 1. The van der Waals surface area contributed by atoms with Crippen molar-refractivity contribution in [1.82, 2.24) is 0 Å². The van der Waals surface area contributed by atoms with Crippen molar-refractivity contribution >= 4 is 5.78 Å². The molecule has 0 saturated heterocycles. The molecule has 1 aromatic carbocycles. The van der Waals surface area contributed by atoms with Gasteiger partial charge in [-0.2, -0.15) is 4.84 Å². The fourth-order valence-electron chi connectivity index (χ4n) is 1.28. The van der Waals surface area contributed by atoms with E-state index >= 15 is 0 Å². The van der Waals surface area contributed by atoms with Crippen LogP contribution < -0.4 is 9.57 Å². The first-order valence-corrected chi connectivity index (χ1v) is 4.04. The highest BCUT2D eigenvalue weighted by atomic mass is 16.8. The summed E-state index contributed by atoms with van der Waals surface area (Å²) in [6.07, 6.45) is 0. The number of nitrogens with zero attached hydrogens (tertiary/aromatic N) is 1. The SMILES string of the molecule is COc1ccc2c(c1)O[N+](=O)CC2=O. The number of benzene rings is 1. The Morgan fingerprint density at radius 2 is 2.29 bits per heavy atom. The van der Waals surface area contributed by atoms with E-state index in [1.165, 1.54) is 13.2 Å². The average molecular weight is 194 g/mol. The van der Waals surface area contributed by atoms with Crippen molar-refractivity contribution in [3.05, 3.63) is 28.7 Å². The topological polar surface area (TPSA) is 55.6 Å². The van der Waals surface area contributed by atoms with E-state index in [9.17, 15) is 9.70 Å². The molecule has 0 amide bonds. The van der Waals surface area contributed by atoms with Crippen LogP contribution in [0.5, 0.6) is 11.5 Å². The zero-order valence-electron chi connectivity index (χ0n) is 7.52. The lowest BCUT2D eigenvalue weighted by atomic mass is 10.1. The van der Waals surface area contributed by atoms with Gasteiger partial charge in [-0.1, -0.05) is 0 Å². The van der Waals surface area contributed by atoms with Gasteiger partial charge < -0.3 is 4.74 Å². The Morgan fingerprint density at radius 3 is 3.00 bits per heavy atom. The van der Waals surface area contributed by atoms with Gasteiger partial charge in [0.05, 0.1) is 17.6 Å². The van der Waals surface area contributed by atoms with Gasteiger partial charge in [0, 0.05) is 6.07 Å². The van der Waals surface area contributed by atoms with E-state index in [-0.39, 0.29) is 23.0 Å². The monoisotopic (exact) mass is 194 g/mol. The maximum atomic E-state index is 11.3. The predicted molar refractivity (Wildman–Crippen MR) is 46.4 cm³/mol. The van der Waals surface area contributed by atoms with E-state index in [2.05, 4.69) is 0 Å². The minimum atomic E-state index is -0.265. The molecule has 1 aromatic rings. The number of ether oxygens (including phenoxy) is 1. The maximum absolute atomic E-state index is 11.3. The van der Waals surface area contributed by atoms with Crippen molar-refractivity contribution < 1.29 is 19.3 Å². The summed E-state index contributed by atoms with van der Waals surface area (Å²) in [5, 5.41) is 0. The first-order valence-electron chi connectivity index (χ1n) is 4.04. The largest absolute Gasteiger partial charge is 0.497 e. The van der Waals surface area contributed by atoms with Gasteiger partial charge in [0.15, 0.2) is 0 Å². The predicted octanol–water partition coefficient (Wildman–Crippen LogP) is 0.964. The number of methoxy groups -OCH3 is 1. The third kappa shape index (κ3) is 1.32. The third-order valence-electron chi connectivity index (χ3n) is 1.96. The van der Waals surface area contributed by atoms with E-state index in [1.807, 2.05) is 0 Å². The summed E-state index contributed by atoms with van der Waals surface area (Å²) in [5.41, 5.74) is 0.415. The Morgan fingerprint density at radius 1 is 1.50 bits per heavy atom. The molecule has 0 aliphatic carbocycles. The number of ketones is 1. The molecule has 0 bridgehead atoms. The summed E-state index contributed by atoms with van der Waals surface area (Å²) < 4.78 is 4.94. The number of hydrogen-bond acceptors (Lipinski definition) is 4. The van der Waals surface area contributed by atoms with Crippen LogP contribution in [0.3, 0.4) is 0 Å². The van der Waals surface area contributed by atoms with Crippen LogP contribution in [0.4, 0.5) is 0 Å². The van der Waals surface area contributed by atoms with E-state index in [4.69, 9.17) is 9.57 Å². The van der Waals surface area contributed by atoms with Crippen molar-refractivity contribution in [3.63, 3.8) is 0 Å². The van der Waals surface area contributed by atoms with E-state index < -0.39 is 0 Å². The lowest BCUT2D eigenvalue weighted by Gasteiger charge is -2.08. The molecule has 1 aliphatic heterocycles. The molecule has 0 unspecified atom stereocenters. The van der Waals surface area contributed by atoms with Crippen LogP contribution in [0.1, 0.15) is 10.4 Å². The number of carbonyl (C=O) groups excluding carboxylic acids is 1. The highest BCUT2D eigenvalue weighted by molar-refractivity contribution is 6.00. The van der Waals surface area contributed by atoms with Crippen molar-refractivity contribution in [2.45, 2.75) is 0 Å². The molecule has 5 nitrogen and oxygen atoms in total. The van der Waals surface area contributed by atoms with Crippen LogP contribution in [-0.2, 0) is 0 Å². The molecule has 0 spiro atoms. The fraction of sp³-hybridized carbons (Fsp3) is 0.222. The fourth-order valence-corrected chi connectivity index (χ4v) is 1.28. The zero-order chi connectivity index (χ0) is 10.1. The minimum Gasteiger partial charge on any atom is -0.497 e. The molecule has 0 fully saturated rings. The number of fused-ring (bicyclic) bond motifs is 1. The van der Waals surface area contributed by atoms with Crippen molar-refractivity contribution in [3.8, 4) is 11.5 Å². The van der Waals surface area contributed by atoms with Crippen molar-refractivity contribution in [1.29, 1.82) is 0 Å². The van der Waals surface area contributed by atoms with E-state index in [0.717, 1.165) is 0 Å². The highest BCUT2D eigenvalue weighted by Gasteiger charge is 2.31. The Labute approximate surface area is 79.8 Å². The van der Waals surface area contributed by atoms with Crippen molar-refractivity contribution in [2.75, 3.05) is 13.7 Å². The second-order valence-electron chi connectivity index (χ2n) is 2.87. The first-order chi connectivity index (χ1) is 6.70. The van der Waals surface area contributed by atoms with Crippen LogP contribution in [0.2, 0.25) is 0 Å². The summed E-state index contributed by atoms with van der Waals surface area (Å²) in [4.78, 5) is 27.3. The average Bonchev–Trinajstić information content (AvgIpc) is 2.16. The van der Waals surface area contributed by atoms with Crippen LogP contribution in [0.15, 0.2) is 18.2 Å². The second-order valence-corrected chi connectivity index (χ2v) is 2.87. The molecule has 0 radical (unpaired) electrons. The Bertz CT molecular complexity index is 413. The van der Waals surface area contributed by atoms with Gasteiger partial charge in [-0.05, 0) is 12.1 Å². The summed E-state index contributed by atoms with van der Waals surface area (Å²) in [7, 11) is 1.50. The van der Waals surface area contributed by atoms with Gasteiger partial charge in [-0.15, -0.1) is 0 Å². The maximum Gasteiger partial charge on any atom is 0.310 e. The molecular weight excluding hydrogens is 186 g/mol. The normalized spacial score (nSPS) is 14.6. The molecule has 1 aliphatic rings. The standard InChI is InChI=1S/C9H8NO4/c1-13-6-2-3-7-8(11)5-10(12)14-9(7)4-6/h2-4H,5H2,1H3/q+1. The summed E-state index contributed by atoms with van der Waals surface area (Å²) >= 11 is 0. The molecule has 0 N–H and O–H groups in total. The molecule has 0 saturated carbocycles. The lowest BCUT2D eigenvalue weighted by molar-refractivity contribution is -0.754. The summed E-state index contributed by atoms with van der Waals surface area (Å²) in [6, 6.07) is 4.75. The summed E-state index contributed by atoms with van der Waals surface area (Å²) in [5.74, 6) is 0.548. The molecule has 2 rings (SSSR count). The van der Waals surface area contributed by atoms with Crippen LogP contribution in [0, 0.1) is 4.91 Å².